The Labute approximate surface area is 120 Å². The number of benzene rings is 2. The summed E-state index contributed by atoms with van der Waals surface area (Å²) in [6.45, 7) is 5.25. The highest BCUT2D eigenvalue weighted by molar-refractivity contribution is 6.24. The van der Waals surface area contributed by atoms with E-state index in [1.165, 1.54) is 16.3 Å². The van der Waals surface area contributed by atoms with Gasteiger partial charge < -0.3 is 14.2 Å². The van der Waals surface area contributed by atoms with Gasteiger partial charge in [0.1, 0.15) is 5.75 Å². The second-order valence-electron chi connectivity index (χ2n) is 5.49. The standard InChI is InChI=1S/C16H20BNO2/c1-12(11-18-7-8-20-17-18)13-3-4-15-10-16(19-2)6-5-14(15)9-13/h3-6,9-10,12,17H,7-8,11H2,1-2H3/t12-/m0/s1. The number of hydrogen-bond donors (Lipinski definition) is 0. The summed E-state index contributed by atoms with van der Waals surface area (Å²) < 4.78 is 10.7. The molecule has 0 aromatic heterocycles. The van der Waals surface area contributed by atoms with Crippen molar-refractivity contribution in [2.45, 2.75) is 12.8 Å². The largest absolute Gasteiger partial charge is 0.497 e. The van der Waals surface area contributed by atoms with Gasteiger partial charge in [0.2, 0.25) is 0 Å². The third kappa shape index (κ3) is 2.81. The van der Waals surface area contributed by atoms with Crippen LogP contribution in [0.25, 0.3) is 10.8 Å². The van der Waals surface area contributed by atoms with E-state index < -0.39 is 0 Å². The molecule has 0 spiro atoms. The van der Waals surface area contributed by atoms with E-state index in [0.717, 1.165) is 33.1 Å². The first kappa shape index (κ1) is 13.5. The molecular formula is C16H20BNO2. The lowest BCUT2D eigenvalue weighted by molar-refractivity contribution is 0.381. The minimum absolute atomic E-state index is 0.517. The molecule has 0 saturated carbocycles. The lowest BCUT2D eigenvalue weighted by Crippen LogP contribution is -2.27. The summed E-state index contributed by atoms with van der Waals surface area (Å²) in [7, 11) is 2.48. The van der Waals surface area contributed by atoms with Crippen LogP contribution in [0.3, 0.4) is 0 Å². The predicted octanol–water partition coefficient (Wildman–Crippen LogP) is 2.55. The third-order valence-corrected chi connectivity index (χ3v) is 4.00. The van der Waals surface area contributed by atoms with Gasteiger partial charge in [0, 0.05) is 13.2 Å². The molecule has 2 aromatic carbocycles. The summed E-state index contributed by atoms with van der Waals surface area (Å²) in [4.78, 5) is 2.36. The van der Waals surface area contributed by atoms with Crippen molar-refractivity contribution in [1.82, 2.24) is 4.81 Å². The average Bonchev–Trinajstić information content (AvgIpc) is 2.99. The van der Waals surface area contributed by atoms with Crippen molar-refractivity contribution in [2.24, 2.45) is 0 Å². The number of ether oxygens (including phenoxy) is 1. The lowest BCUT2D eigenvalue weighted by atomic mass is 9.96. The smallest absolute Gasteiger partial charge is 0.363 e. The Morgan fingerprint density at radius 3 is 2.80 bits per heavy atom. The normalized spacial score (nSPS) is 17.1. The van der Waals surface area contributed by atoms with Crippen LogP contribution in [-0.4, -0.2) is 39.2 Å². The Hall–Kier alpha value is -1.52. The quantitative estimate of drug-likeness (QED) is 0.796. The maximum Gasteiger partial charge on any atom is 0.363 e. The Bertz CT molecular complexity index is 596. The van der Waals surface area contributed by atoms with E-state index in [-0.39, 0.29) is 0 Å². The van der Waals surface area contributed by atoms with Crippen LogP contribution >= 0.6 is 0 Å². The Morgan fingerprint density at radius 1 is 1.25 bits per heavy atom. The molecular weight excluding hydrogens is 249 g/mol. The van der Waals surface area contributed by atoms with Crippen molar-refractivity contribution in [3.05, 3.63) is 42.0 Å². The topological polar surface area (TPSA) is 21.7 Å². The molecule has 20 heavy (non-hydrogen) atoms. The van der Waals surface area contributed by atoms with Gasteiger partial charge in [0.05, 0.1) is 7.11 Å². The van der Waals surface area contributed by atoms with Gasteiger partial charge in [0.25, 0.3) is 0 Å². The van der Waals surface area contributed by atoms with Gasteiger partial charge in [-0.25, -0.2) is 0 Å². The highest BCUT2D eigenvalue weighted by Crippen LogP contribution is 2.25. The molecule has 3 rings (SSSR count). The van der Waals surface area contributed by atoms with Crippen LogP contribution in [0.5, 0.6) is 5.75 Å². The number of methoxy groups -OCH3 is 1. The van der Waals surface area contributed by atoms with Gasteiger partial charge in [-0.3, -0.25) is 0 Å². The molecule has 0 aliphatic carbocycles. The van der Waals surface area contributed by atoms with Gasteiger partial charge in [-0.2, -0.15) is 0 Å². The number of fused-ring (bicyclic) bond motifs is 1. The SMILES string of the molecule is COc1ccc2cc([C@@H](C)CN3BOCC3)ccc2c1. The molecule has 0 unspecified atom stereocenters. The van der Waals surface area contributed by atoms with Crippen LogP contribution in [0.4, 0.5) is 0 Å². The van der Waals surface area contributed by atoms with Crippen LogP contribution in [0, 0.1) is 0 Å². The first-order chi connectivity index (χ1) is 9.76. The van der Waals surface area contributed by atoms with Gasteiger partial charge in [-0.05, 0) is 40.9 Å². The summed E-state index contributed by atoms with van der Waals surface area (Å²) in [6, 6.07) is 12.9. The summed E-state index contributed by atoms with van der Waals surface area (Å²) in [5, 5.41) is 2.50. The second kappa shape index (κ2) is 5.86. The summed E-state index contributed by atoms with van der Waals surface area (Å²) in [5.41, 5.74) is 1.38. The third-order valence-electron chi connectivity index (χ3n) is 4.00. The van der Waals surface area contributed by atoms with E-state index in [0.29, 0.717) is 5.92 Å². The predicted molar refractivity (Wildman–Crippen MR) is 83.6 cm³/mol. The number of rotatable bonds is 4. The zero-order valence-corrected chi connectivity index (χ0v) is 12.1. The van der Waals surface area contributed by atoms with Crippen molar-refractivity contribution in [3.8, 4) is 5.75 Å². The molecule has 1 aliphatic rings. The minimum Gasteiger partial charge on any atom is -0.497 e. The Kier molecular flexibility index (Phi) is 3.94. The van der Waals surface area contributed by atoms with Gasteiger partial charge in [0.15, 0.2) is 0 Å². The molecule has 3 nitrogen and oxygen atoms in total. The molecule has 0 bridgehead atoms. The number of nitrogens with zero attached hydrogens (tertiary/aromatic N) is 1. The zero-order valence-electron chi connectivity index (χ0n) is 12.1. The minimum atomic E-state index is 0.517. The lowest BCUT2D eigenvalue weighted by Gasteiger charge is -2.19. The molecule has 1 saturated heterocycles. The maximum atomic E-state index is 5.40. The van der Waals surface area contributed by atoms with Gasteiger partial charge in [-0.1, -0.05) is 31.2 Å². The molecule has 1 aliphatic heterocycles. The van der Waals surface area contributed by atoms with Crippen molar-refractivity contribution in [3.63, 3.8) is 0 Å². The first-order valence-electron chi connectivity index (χ1n) is 7.14. The van der Waals surface area contributed by atoms with Crippen LogP contribution in [0.2, 0.25) is 0 Å². The molecule has 0 N–H and O–H groups in total. The average molecular weight is 269 g/mol. The van der Waals surface area contributed by atoms with Crippen molar-refractivity contribution in [2.75, 3.05) is 26.8 Å². The van der Waals surface area contributed by atoms with Crippen LogP contribution in [-0.2, 0) is 4.65 Å². The van der Waals surface area contributed by atoms with Crippen molar-refractivity contribution in [1.29, 1.82) is 0 Å². The van der Waals surface area contributed by atoms with Crippen LogP contribution in [0.15, 0.2) is 36.4 Å². The summed E-state index contributed by atoms with van der Waals surface area (Å²) >= 11 is 0. The molecule has 1 atom stereocenters. The van der Waals surface area contributed by atoms with E-state index in [1.54, 1.807) is 7.11 Å². The Balaban J connectivity index is 1.80. The fourth-order valence-corrected chi connectivity index (χ4v) is 2.76. The first-order valence-corrected chi connectivity index (χ1v) is 7.14. The molecule has 0 amide bonds. The maximum absolute atomic E-state index is 5.40. The van der Waals surface area contributed by atoms with Crippen molar-refractivity contribution < 1.29 is 9.39 Å². The van der Waals surface area contributed by atoms with E-state index in [4.69, 9.17) is 9.39 Å². The summed E-state index contributed by atoms with van der Waals surface area (Å²) in [5.74, 6) is 1.43. The van der Waals surface area contributed by atoms with E-state index in [1.807, 2.05) is 6.07 Å². The van der Waals surface area contributed by atoms with Gasteiger partial charge in [-0.15, -0.1) is 0 Å². The molecule has 4 heteroatoms. The Morgan fingerprint density at radius 2 is 2.05 bits per heavy atom. The molecule has 104 valence electrons. The van der Waals surface area contributed by atoms with Gasteiger partial charge >= 0.3 is 7.62 Å². The highest BCUT2D eigenvalue weighted by Gasteiger charge is 2.17. The monoisotopic (exact) mass is 269 g/mol. The zero-order chi connectivity index (χ0) is 13.9. The fraction of sp³-hybridized carbons (Fsp3) is 0.375. The van der Waals surface area contributed by atoms with Crippen LogP contribution in [0.1, 0.15) is 18.4 Å². The molecule has 1 fully saturated rings. The highest BCUT2D eigenvalue weighted by atomic mass is 16.5. The molecule has 0 radical (unpaired) electrons. The molecule has 2 aromatic rings. The second-order valence-corrected chi connectivity index (χ2v) is 5.49. The fourth-order valence-electron chi connectivity index (χ4n) is 2.76. The van der Waals surface area contributed by atoms with E-state index in [9.17, 15) is 0 Å². The molecule has 1 heterocycles. The van der Waals surface area contributed by atoms with E-state index >= 15 is 0 Å². The summed E-state index contributed by atoms with van der Waals surface area (Å²) in [6.07, 6.45) is 0. The number of hydrogen-bond acceptors (Lipinski definition) is 3. The van der Waals surface area contributed by atoms with E-state index in [2.05, 4.69) is 42.1 Å². The van der Waals surface area contributed by atoms with Crippen LogP contribution < -0.4 is 4.74 Å². The van der Waals surface area contributed by atoms with Crippen molar-refractivity contribution >= 4 is 18.4 Å².